The number of alkyl halides is 3. The van der Waals surface area contributed by atoms with Gasteiger partial charge in [-0.2, -0.15) is 0 Å². The largest absolute Gasteiger partial charge is 0.573 e. The van der Waals surface area contributed by atoms with Gasteiger partial charge < -0.3 is 10.5 Å². The number of benzene rings is 1. The molecule has 0 aromatic heterocycles. The molecule has 0 aliphatic heterocycles. The fourth-order valence-corrected chi connectivity index (χ4v) is 1.13. The summed E-state index contributed by atoms with van der Waals surface area (Å²) in [6.45, 7) is 1.12. The first-order valence-corrected chi connectivity index (χ1v) is 3.96. The normalized spacial score (nSPS) is 11.2. The molecule has 0 spiro atoms. The Kier molecular flexibility index (Phi) is 2.88. The van der Waals surface area contributed by atoms with Gasteiger partial charge in [0.1, 0.15) is 5.75 Å². The summed E-state index contributed by atoms with van der Waals surface area (Å²) in [5, 5.41) is 0. The van der Waals surface area contributed by atoms with Crippen LogP contribution in [0.25, 0.3) is 0 Å². The van der Waals surface area contributed by atoms with E-state index in [9.17, 15) is 18.0 Å². The van der Waals surface area contributed by atoms with Gasteiger partial charge in [-0.1, -0.05) is 6.07 Å². The summed E-state index contributed by atoms with van der Waals surface area (Å²) in [5.41, 5.74) is 5.08. The molecule has 15 heavy (non-hydrogen) atoms. The number of anilines is 1. The van der Waals surface area contributed by atoms with Gasteiger partial charge in [-0.25, -0.2) is 0 Å². The average molecular weight is 219 g/mol. The number of hydrogen-bond donors (Lipinski definition) is 1. The second kappa shape index (κ2) is 3.80. The molecule has 0 unspecified atom stereocenters. The van der Waals surface area contributed by atoms with Crippen LogP contribution in [-0.2, 0) is 0 Å². The predicted molar refractivity (Wildman–Crippen MR) is 47.5 cm³/mol. The second-order valence-corrected chi connectivity index (χ2v) is 2.82. The van der Waals surface area contributed by atoms with Gasteiger partial charge in [-0.15, -0.1) is 13.2 Å². The summed E-state index contributed by atoms with van der Waals surface area (Å²) in [6, 6.07) is 3.66. The average Bonchev–Trinajstić information content (AvgIpc) is 1.99. The summed E-state index contributed by atoms with van der Waals surface area (Å²) in [6.07, 6.45) is -4.84. The minimum atomic E-state index is -4.84. The van der Waals surface area contributed by atoms with E-state index >= 15 is 0 Å². The van der Waals surface area contributed by atoms with E-state index in [1.54, 1.807) is 0 Å². The fourth-order valence-electron chi connectivity index (χ4n) is 1.13. The lowest BCUT2D eigenvalue weighted by molar-refractivity contribution is -0.274. The molecule has 3 nitrogen and oxygen atoms in total. The van der Waals surface area contributed by atoms with Crippen LogP contribution < -0.4 is 10.5 Å². The Hall–Kier alpha value is -1.72. The Labute approximate surface area is 83.6 Å². The smallest absolute Gasteiger partial charge is 0.405 e. The van der Waals surface area contributed by atoms with E-state index in [1.165, 1.54) is 12.1 Å². The third-order valence-electron chi connectivity index (χ3n) is 1.64. The van der Waals surface area contributed by atoms with Crippen LogP contribution in [-0.4, -0.2) is 12.1 Å². The Morgan fingerprint density at radius 3 is 2.47 bits per heavy atom. The molecule has 0 fully saturated rings. The van der Waals surface area contributed by atoms with Crippen LogP contribution in [0.2, 0.25) is 0 Å². The molecule has 1 aromatic rings. The van der Waals surface area contributed by atoms with Crippen LogP contribution in [0.15, 0.2) is 18.2 Å². The Morgan fingerprint density at radius 1 is 1.40 bits per heavy atom. The number of carbonyl (C=O) groups excluding carboxylic acids is 1. The number of nitrogens with two attached hydrogens (primary N) is 1. The molecular weight excluding hydrogens is 211 g/mol. The van der Waals surface area contributed by atoms with Gasteiger partial charge in [0.15, 0.2) is 5.78 Å². The SMILES string of the molecule is CC(=O)c1c(N)cccc1OC(F)(F)F. The standard InChI is InChI=1S/C9H8F3NO2/c1-5(14)8-6(13)3-2-4-7(8)15-9(10,11)12/h2-4H,13H2,1H3. The third-order valence-corrected chi connectivity index (χ3v) is 1.64. The lowest BCUT2D eigenvalue weighted by Gasteiger charge is -2.12. The number of ether oxygens (including phenoxy) is 1. The predicted octanol–water partition coefficient (Wildman–Crippen LogP) is 2.37. The van der Waals surface area contributed by atoms with E-state index < -0.39 is 17.9 Å². The van der Waals surface area contributed by atoms with Crippen molar-refractivity contribution in [3.8, 4) is 5.75 Å². The molecule has 0 amide bonds. The first kappa shape index (κ1) is 11.4. The molecule has 2 N–H and O–H groups in total. The highest BCUT2D eigenvalue weighted by molar-refractivity contribution is 6.01. The zero-order valence-electron chi connectivity index (χ0n) is 7.76. The summed E-state index contributed by atoms with van der Waals surface area (Å²) < 4.78 is 39.5. The summed E-state index contributed by atoms with van der Waals surface area (Å²) >= 11 is 0. The Balaban J connectivity index is 3.18. The molecular formula is C9H8F3NO2. The van der Waals surface area contributed by atoms with Gasteiger partial charge in [-0.3, -0.25) is 4.79 Å². The van der Waals surface area contributed by atoms with Crippen LogP contribution in [0.4, 0.5) is 18.9 Å². The maximum Gasteiger partial charge on any atom is 0.573 e. The Bertz CT molecular complexity index is 387. The van der Waals surface area contributed by atoms with Crippen molar-refractivity contribution >= 4 is 11.5 Å². The van der Waals surface area contributed by atoms with Crippen LogP contribution in [0.3, 0.4) is 0 Å². The molecule has 82 valence electrons. The van der Waals surface area contributed by atoms with Crippen molar-refractivity contribution in [1.29, 1.82) is 0 Å². The van der Waals surface area contributed by atoms with Crippen molar-refractivity contribution in [2.24, 2.45) is 0 Å². The van der Waals surface area contributed by atoms with E-state index in [1.807, 2.05) is 0 Å². The molecule has 0 radical (unpaired) electrons. The molecule has 1 aromatic carbocycles. The van der Waals surface area contributed by atoms with Crippen molar-refractivity contribution in [2.75, 3.05) is 5.73 Å². The van der Waals surface area contributed by atoms with Crippen LogP contribution >= 0.6 is 0 Å². The van der Waals surface area contributed by atoms with Crippen molar-refractivity contribution in [2.45, 2.75) is 13.3 Å². The van der Waals surface area contributed by atoms with Crippen LogP contribution in [0.1, 0.15) is 17.3 Å². The van der Waals surface area contributed by atoms with Gasteiger partial charge in [0.25, 0.3) is 0 Å². The zero-order chi connectivity index (χ0) is 11.6. The molecule has 0 atom stereocenters. The van der Waals surface area contributed by atoms with Crippen molar-refractivity contribution < 1.29 is 22.7 Å². The van der Waals surface area contributed by atoms with Gasteiger partial charge in [0.2, 0.25) is 0 Å². The van der Waals surface area contributed by atoms with E-state index in [-0.39, 0.29) is 11.3 Å². The maximum absolute atomic E-state index is 11.9. The van der Waals surface area contributed by atoms with Crippen LogP contribution in [0, 0.1) is 0 Å². The number of rotatable bonds is 2. The monoisotopic (exact) mass is 219 g/mol. The van der Waals surface area contributed by atoms with E-state index in [2.05, 4.69) is 4.74 Å². The summed E-state index contributed by atoms with van der Waals surface area (Å²) in [4.78, 5) is 11.0. The molecule has 0 saturated heterocycles. The minimum Gasteiger partial charge on any atom is -0.405 e. The maximum atomic E-state index is 11.9. The molecule has 0 aliphatic carbocycles. The lowest BCUT2D eigenvalue weighted by Crippen LogP contribution is -2.19. The summed E-state index contributed by atoms with van der Waals surface area (Å²) in [7, 11) is 0. The first-order valence-electron chi connectivity index (χ1n) is 3.96. The highest BCUT2D eigenvalue weighted by Gasteiger charge is 2.32. The minimum absolute atomic E-state index is 0.0377. The van der Waals surface area contributed by atoms with E-state index in [0.29, 0.717) is 0 Å². The molecule has 0 bridgehead atoms. The number of ketones is 1. The van der Waals surface area contributed by atoms with Gasteiger partial charge in [-0.05, 0) is 19.1 Å². The topological polar surface area (TPSA) is 52.3 Å². The van der Waals surface area contributed by atoms with Gasteiger partial charge in [0.05, 0.1) is 5.56 Å². The fraction of sp³-hybridized carbons (Fsp3) is 0.222. The number of Topliss-reactive ketones (excluding diaryl/α,β-unsaturated/α-hetero) is 1. The lowest BCUT2D eigenvalue weighted by atomic mass is 10.1. The quantitative estimate of drug-likeness (QED) is 0.613. The Morgan fingerprint density at radius 2 is 2.00 bits per heavy atom. The highest BCUT2D eigenvalue weighted by Crippen LogP contribution is 2.29. The number of nitrogen functional groups attached to an aromatic ring is 1. The van der Waals surface area contributed by atoms with Gasteiger partial charge in [0, 0.05) is 5.69 Å². The third kappa shape index (κ3) is 2.87. The molecule has 0 saturated carbocycles. The number of carbonyl (C=O) groups is 1. The zero-order valence-corrected chi connectivity index (χ0v) is 7.76. The molecule has 0 aliphatic rings. The van der Waals surface area contributed by atoms with Crippen molar-refractivity contribution in [3.05, 3.63) is 23.8 Å². The highest BCUT2D eigenvalue weighted by atomic mass is 19.4. The summed E-state index contributed by atoms with van der Waals surface area (Å²) in [5.74, 6) is -1.15. The molecule has 6 heteroatoms. The second-order valence-electron chi connectivity index (χ2n) is 2.82. The van der Waals surface area contributed by atoms with Gasteiger partial charge >= 0.3 is 6.36 Å². The number of hydrogen-bond acceptors (Lipinski definition) is 3. The first-order chi connectivity index (χ1) is 6.81. The number of halogens is 3. The van der Waals surface area contributed by atoms with E-state index in [4.69, 9.17) is 5.73 Å². The van der Waals surface area contributed by atoms with Crippen LogP contribution in [0.5, 0.6) is 5.75 Å². The van der Waals surface area contributed by atoms with Crippen molar-refractivity contribution in [3.63, 3.8) is 0 Å². The molecule has 1 rings (SSSR count). The van der Waals surface area contributed by atoms with E-state index in [0.717, 1.165) is 13.0 Å². The van der Waals surface area contributed by atoms with Crippen molar-refractivity contribution in [1.82, 2.24) is 0 Å². The molecule has 0 heterocycles.